The highest BCUT2D eigenvalue weighted by Crippen LogP contribution is 2.16. The molecule has 0 unspecified atom stereocenters. The minimum Gasteiger partial charge on any atom is -0.274 e. The van der Waals surface area contributed by atoms with E-state index >= 15 is 0 Å². The summed E-state index contributed by atoms with van der Waals surface area (Å²) in [7, 11) is -3.84. The number of primary sulfonamides is 1. The molecule has 1 aromatic rings. The molecule has 16 heavy (non-hydrogen) atoms. The van der Waals surface area contributed by atoms with E-state index in [2.05, 4.69) is 0 Å². The van der Waals surface area contributed by atoms with Gasteiger partial charge in [0.15, 0.2) is 0 Å². The van der Waals surface area contributed by atoms with E-state index < -0.39 is 16.1 Å². The summed E-state index contributed by atoms with van der Waals surface area (Å²) in [6.07, 6.45) is 0. The first kappa shape index (κ1) is 12.4. The van der Waals surface area contributed by atoms with Gasteiger partial charge in [-0.3, -0.25) is 5.43 Å². The summed E-state index contributed by atoms with van der Waals surface area (Å²) in [4.78, 5) is 10.9. The molecule has 1 rings (SSSR count). The van der Waals surface area contributed by atoms with E-state index in [1.807, 2.05) is 0 Å². The Balaban J connectivity index is 3.13. The molecule has 8 nitrogen and oxygen atoms in total. The quantitative estimate of drug-likeness (QED) is 0.287. The number of sulfonamides is 1. The Morgan fingerprint density at radius 3 is 2.50 bits per heavy atom. The van der Waals surface area contributed by atoms with Gasteiger partial charge < -0.3 is 0 Å². The number of carbonyl (C=O) groups is 1. The summed E-state index contributed by atoms with van der Waals surface area (Å²) in [5.74, 6) is 10.2. The van der Waals surface area contributed by atoms with Gasteiger partial charge in [0.1, 0.15) is 0 Å². The first-order chi connectivity index (χ1) is 7.36. The lowest BCUT2D eigenvalue weighted by Gasteiger charge is -2.15. The van der Waals surface area contributed by atoms with Gasteiger partial charge in [-0.25, -0.2) is 35.0 Å². The zero-order chi connectivity index (χ0) is 12.3. The molecule has 0 bridgehead atoms. The fourth-order valence-electron chi connectivity index (χ4n) is 0.997. The van der Waals surface area contributed by atoms with Gasteiger partial charge in [-0.1, -0.05) is 6.07 Å². The molecular formula is C7H11N5O3S. The van der Waals surface area contributed by atoms with Crippen molar-refractivity contribution < 1.29 is 13.2 Å². The van der Waals surface area contributed by atoms with Gasteiger partial charge >= 0.3 is 6.03 Å². The van der Waals surface area contributed by atoms with E-state index in [4.69, 9.17) is 16.8 Å². The molecule has 0 heterocycles. The Kier molecular flexibility index (Phi) is 3.44. The average Bonchev–Trinajstić information content (AvgIpc) is 2.26. The first-order valence-corrected chi connectivity index (χ1v) is 5.59. The van der Waals surface area contributed by atoms with Crippen molar-refractivity contribution in [2.75, 3.05) is 5.01 Å². The van der Waals surface area contributed by atoms with Crippen LogP contribution in [-0.2, 0) is 10.0 Å². The summed E-state index contributed by atoms with van der Waals surface area (Å²) in [5, 5.41) is 5.58. The molecule has 0 fully saturated rings. The highest BCUT2D eigenvalue weighted by molar-refractivity contribution is 7.89. The second-order valence-corrected chi connectivity index (χ2v) is 4.42. The number of urea groups is 1. The number of hydrazine groups is 2. The van der Waals surface area contributed by atoms with Crippen molar-refractivity contribution in [3.05, 3.63) is 24.3 Å². The molecular weight excluding hydrogens is 234 g/mol. The van der Waals surface area contributed by atoms with Gasteiger partial charge in [0.25, 0.3) is 0 Å². The lowest BCUT2D eigenvalue weighted by molar-refractivity contribution is 0.246. The van der Waals surface area contributed by atoms with Crippen molar-refractivity contribution in [1.29, 1.82) is 0 Å². The standard InChI is InChI=1S/C7H11N5O3S/c8-11-7(13)12(9)5-2-1-3-6(4-5)16(10,14)15/h1-4H,8-9H2,(H,11,13)(H2,10,14,15). The molecule has 9 heteroatoms. The third kappa shape index (κ3) is 2.67. The number of anilines is 1. The normalized spacial score (nSPS) is 10.9. The molecule has 0 aliphatic rings. The average molecular weight is 245 g/mol. The zero-order valence-corrected chi connectivity index (χ0v) is 8.94. The van der Waals surface area contributed by atoms with Crippen LogP contribution in [0.4, 0.5) is 10.5 Å². The molecule has 1 aromatic carbocycles. The Labute approximate surface area is 92.0 Å². The topological polar surface area (TPSA) is 145 Å². The number of amides is 2. The number of rotatable bonds is 2. The smallest absolute Gasteiger partial charge is 0.274 e. The number of nitrogens with one attached hydrogen (secondary N) is 1. The highest BCUT2D eigenvalue weighted by atomic mass is 32.2. The molecule has 0 aliphatic carbocycles. The molecule has 2 amide bonds. The van der Waals surface area contributed by atoms with Crippen LogP contribution in [0.5, 0.6) is 0 Å². The predicted octanol–water partition coefficient (Wildman–Crippen LogP) is -1.40. The lowest BCUT2D eigenvalue weighted by Crippen LogP contribution is -2.47. The van der Waals surface area contributed by atoms with Crippen LogP contribution in [0, 0.1) is 0 Å². The van der Waals surface area contributed by atoms with Crippen LogP contribution in [0.15, 0.2) is 29.2 Å². The fraction of sp³-hybridized carbons (Fsp3) is 0. The van der Waals surface area contributed by atoms with E-state index in [1.165, 1.54) is 18.2 Å². The molecule has 0 aromatic heterocycles. The van der Waals surface area contributed by atoms with Crippen LogP contribution in [0.25, 0.3) is 0 Å². The summed E-state index contributed by atoms with van der Waals surface area (Å²) in [5.41, 5.74) is 1.95. The molecule has 0 aliphatic heterocycles. The van der Waals surface area contributed by atoms with Crippen molar-refractivity contribution in [2.24, 2.45) is 16.8 Å². The van der Waals surface area contributed by atoms with Crippen LogP contribution in [0.2, 0.25) is 0 Å². The number of hydrogen-bond acceptors (Lipinski definition) is 5. The lowest BCUT2D eigenvalue weighted by atomic mass is 10.3. The maximum Gasteiger partial charge on any atom is 0.350 e. The third-order valence-electron chi connectivity index (χ3n) is 1.77. The number of nitrogens with zero attached hydrogens (tertiary/aromatic N) is 1. The Morgan fingerprint density at radius 2 is 2.00 bits per heavy atom. The molecule has 0 saturated carbocycles. The van der Waals surface area contributed by atoms with Crippen LogP contribution >= 0.6 is 0 Å². The fourth-order valence-corrected chi connectivity index (χ4v) is 1.55. The third-order valence-corrected chi connectivity index (χ3v) is 2.68. The van der Waals surface area contributed by atoms with Gasteiger partial charge in [-0.2, -0.15) is 0 Å². The maximum absolute atomic E-state index is 11.1. The van der Waals surface area contributed by atoms with Gasteiger partial charge in [0, 0.05) is 0 Å². The molecule has 7 N–H and O–H groups in total. The Morgan fingerprint density at radius 1 is 1.38 bits per heavy atom. The number of hydrogen-bond donors (Lipinski definition) is 4. The van der Waals surface area contributed by atoms with Gasteiger partial charge in [0.2, 0.25) is 10.0 Å². The SMILES string of the molecule is NNC(=O)N(N)c1cccc(S(N)(=O)=O)c1. The van der Waals surface area contributed by atoms with E-state index in [9.17, 15) is 13.2 Å². The first-order valence-electron chi connectivity index (χ1n) is 4.04. The van der Waals surface area contributed by atoms with E-state index in [0.29, 0.717) is 5.01 Å². The molecule has 0 atom stereocenters. The highest BCUT2D eigenvalue weighted by Gasteiger charge is 2.13. The van der Waals surface area contributed by atoms with Crippen molar-refractivity contribution in [1.82, 2.24) is 5.43 Å². The minimum atomic E-state index is -3.84. The zero-order valence-electron chi connectivity index (χ0n) is 8.12. The van der Waals surface area contributed by atoms with E-state index in [1.54, 1.807) is 5.43 Å². The maximum atomic E-state index is 11.1. The van der Waals surface area contributed by atoms with Crippen molar-refractivity contribution in [2.45, 2.75) is 4.90 Å². The number of nitrogens with two attached hydrogens (primary N) is 3. The molecule has 0 radical (unpaired) electrons. The minimum absolute atomic E-state index is 0.148. The van der Waals surface area contributed by atoms with Crippen LogP contribution in [0.3, 0.4) is 0 Å². The largest absolute Gasteiger partial charge is 0.350 e. The van der Waals surface area contributed by atoms with Gasteiger partial charge in [-0.05, 0) is 18.2 Å². The Hall–Kier alpha value is -1.68. The van der Waals surface area contributed by atoms with Crippen molar-refractivity contribution in [3.63, 3.8) is 0 Å². The van der Waals surface area contributed by atoms with Crippen LogP contribution < -0.4 is 27.3 Å². The van der Waals surface area contributed by atoms with Gasteiger partial charge in [-0.15, -0.1) is 0 Å². The van der Waals surface area contributed by atoms with Crippen LogP contribution in [0.1, 0.15) is 0 Å². The summed E-state index contributed by atoms with van der Waals surface area (Å²) >= 11 is 0. The summed E-state index contributed by atoms with van der Waals surface area (Å²) < 4.78 is 22.1. The van der Waals surface area contributed by atoms with Crippen molar-refractivity contribution in [3.8, 4) is 0 Å². The molecule has 88 valence electrons. The summed E-state index contributed by atoms with van der Waals surface area (Å²) in [6.45, 7) is 0. The molecule has 0 saturated heterocycles. The van der Waals surface area contributed by atoms with Crippen molar-refractivity contribution >= 4 is 21.7 Å². The number of carbonyl (C=O) groups excluding carboxylic acids is 1. The van der Waals surface area contributed by atoms with E-state index in [0.717, 1.165) is 6.07 Å². The van der Waals surface area contributed by atoms with Crippen LogP contribution in [-0.4, -0.2) is 14.4 Å². The predicted molar refractivity (Wildman–Crippen MR) is 57.2 cm³/mol. The Bertz CT molecular complexity index is 500. The second kappa shape index (κ2) is 4.45. The van der Waals surface area contributed by atoms with E-state index in [-0.39, 0.29) is 10.6 Å². The van der Waals surface area contributed by atoms with Gasteiger partial charge in [0.05, 0.1) is 10.6 Å². The molecule has 0 spiro atoms. The monoisotopic (exact) mass is 245 g/mol. The number of benzene rings is 1. The second-order valence-electron chi connectivity index (χ2n) is 2.86. The summed E-state index contributed by atoms with van der Waals surface area (Å²) in [6, 6.07) is 4.49.